The van der Waals surface area contributed by atoms with Gasteiger partial charge in [-0.25, -0.2) is 4.98 Å². The first kappa shape index (κ1) is 15.7. The summed E-state index contributed by atoms with van der Waals surface area (Å²) in [5, 5.41) is 11.8. The molecular formula is C15H15N3OS2. The summed E-state index contributed by atoms with van der Waals surface area (Å²) in [4.78, 5) is 21.5. The van der Waals surface area contributed by atoms with E-state index in [1.54, 1.807) is 12.4 Å². The minimum atomic E-state index is -0.767. The molecule has 0 saturated heterocycles. The van der Waals surface area contributed by atoms with Crippen LogP contribution < -0.4 is 0 Å². The van der Waals surface area contributed by atoms with Crippen molar-refractivity contribution in [1.82, 2.24) is 9.97 Å². The maximum absolute atomic E-state index is 12.2. The molecule has 0 radical (unpaired) electrons. The number of nitrogens with zero attached hydrogens (tertiary/aromatic N) is 3. The highest BCUT2D eigenvalue weighted by Crippen LogP contribution is 2.26. The van der Waals surface area contributed by atoms with Gasteiger partial charge >= 0.3 is 0 Å². The van der Waals surface area contributed by atoms with E-state index in [9.17, 15) is 10.1 Å². The van der Waals surface area contributed by atoms with Crippen molar-refractivity contribution < 1.29 is 4.79 Å². The average Bonchev–Trinajstić information content (AvgIpc) is 2.97. The van der Waals surface area contributed by atoms with Gasteiger partial charge in [-0.05, 0) is 18.1 Å². The lowest BCUT2D eigenvalue weighted by molar-refractivity contribution is -0.116. The van der Waals surface area contributed by atoms with Gasteiger partial charge in [0.1, 0.15) is 5.01 Å². The van der Waals surface area contributed by atoms with Crippen LogP contribution in [0.5, 0.6) is 0 Å². The van der Waals surface area contributed by atoms with E-state index in [2.05, 4.69) is 16.0 Å². The third kappa shape index (κ3) is 4.13. The molecule has 0 unspecified atom stereocenters. The van der Waals surface area contributed by atoms with E-state index in [1.807, 2.05) is 31.4 Å². The lowest BCUT2D eigenvalue weighted by Gasteiger charge is -2.05. The van der Waals surface area contributed by atoms with Crippen LogP contribution in [0.25, 0.3) is 0 Å². The van der Waals surface area contributed by atoms with E-state index < -0.39 is 5.92 Å². The fourth-order valence-corrected chi connectivity index (χ4v) is 3.47. The van der Waals surface area contributed by atoms with Crippen LogP contribution in [0.15, 0.2) is 34.8 Å². The maximum atomic E-state index is 12.2. The van der Waals surface area contributed by atoms with Crippen LogP contribution >= 0.6 is 23.1 Å². The molecule has 0 amide bonds. The van der Waals surface area contributed by atoms with E-state index in [0.717, 1.165) is 10.6 Å². The third-order valence-electron chi connectivity index (χ3n) is 2.86. The summed E-state index contributed by atoms with van der Waals surface area (Å²) in [6, 6.07) is 5.77. The number of ketones is 1. The summed E-state index contributed by atoms with van der Waals surface area (Å²) in [6.07, 6.45) is 3.37. The van der Waals surface area contributed by atoms with Gasteiger partial charge in [0.05, 0.1) is 17.5 Å². The Morgan fingerprint density at radius 3 is 2.71 bits per heavy atom. The molecular weight excluding hydrogens is 302 g/mol. The highest BCUT2D eigenvalue weighted by molar-refractivity contribution is 8.00. The molecule has 0 spiro atoms. The van der Waals surface area contributed by atoms with Gasteiger partial charge in [0.15, 0.2) is 11.7 Å². The molecule has 6 heteroatoms. The molecule has 108 valence electrons. The molecule has 0 aliphatic carbocycles. The van der Waals surface area contributed by atoms with Crippen LogP contribution in [0.2, 0.25) is 0 Å². The van der Waals surface area contributed by atoms with Crippen LogP contribution in [-0.2, 0) is 4.79 Å². The van der Waals surface area contributed by atoms with Gasteiger partial charge in [-0.15, -0.1) is 23.1 Å². The Hall–Kier alpha value is -1.71. The number of hydrogen-bond acceptors (Lipinski definition) is 6. The van der Waals surface area contributed by atoms with Crippen molar-refractivity contribution in [3.8, 4) is 6.07 Å². The number of aromatic nitrogens is 2. The molecule has 21 heavy (non-hydrogen) atoms. The van der Waals surface area contributed by atoms with Crippen LogP contribution in [0, 0.1) is 11.3 Å². The molecule has 2 aromatic heterocycles. The fourth-order valence-electron chi connectivity index (χ4n) is 1.64. The SMILES string of the molecule is CC(C)c1csc([C@@H](C#N)C(=O)CSc2ccncc2)n1. The minimum absolute atomic E-state index is 0.107. The molecule has 0 fully saturated rings. The number of carbonyl (C=O) groups excluding carboxylic acids is 1. The smallest absolute Gasteiger partial charge is 0.167 e. The van der Waals surface area contributed by atoms with Crippen molar-refractivity contribution in [3.63, 3.8) is 0 Å². The Morgan fingerprint density at radius 2 is 2.14 bits per heavy atom. The van der Waals surface area contributed by atoms with Crippen molar-refractivity contribution in [1.29, 1.82) is 5.26 Å². The van der Waals surface area contributed by atoms with Gasteiger partial charge in [-0.1, -0.05) is 13.8 Å². The summed E-state index contributed by atoms with van der Waals surface area (Å²) in [7, 11) is 0. The second-order valence-electron chi connectivity index (χ2n) is 4.77. The molecule has 2 aromatic rings. The molecule has 0 aromatic carbocycles. The van der Waals surface area contributed by atoms with Crippen molar-refractivity contribution in [2.24, 2.45) is 0 Å². The van der Waals surface area contributed by atoms with Gasteiger partial charge in [-0.3, -0.25) is 9.78 Å². The zero-order valence-electron chi connectivity index (χ0n) is 11.8. The molecule has 2 heterocycles. The zero-order valence-corrected chi connectivity index (χ0v) is 13.4. The lowest BCUT2D eigenvalue weighted by Crippen LogP contribution is -2.13. The van der Waals surface area contributed by atoms with Gasteiger partial charge in [-0.2, -0.15) is 5.26 Å². The highest BCUT2D eigenvalue weighted by atomic mass is 32.2. The van der Waals surface area contributed by atoms with Crippen LogP contribution in [0.4, 0.5) is 0 Å². The minimum Gasteiger partial charge on any atom is -0.297 e. The van der Waals surface area contributed by atoms with Crippen LogP contribution in [-0.4, -0.2) is 21.5 Å². The first-order valence-corrected chi connectivity index (χ1v) is 8.38. The number of rotatable bonds is 6. The van der Waals surface area contributed by atoms with Crippen molar-refractivity contribution in [2.75, 3.05) is 5.75 Å². The standard InChI is InChI=1S/C15H15N3OS2/c1-10(2)13-8-21-15(18-13)12(7-16)14(19)9-20-11-3-5-17-6-4-11/h3-6,8,10,12H,9H2,1-2H3/t12-/m0/s1. The van der Waals surface area contributed by atoms with Crippen LogP contribution in [0.3, 0.4) is 0 Å². The Morgan fingerprint density at radius 1 is 1.43 bits per heavy atom. The number of hydrogen-bond donors (Lipinski definition) is 0. The van der Waals surface area contributed by atoms with E-state index >= 15 is 0 Å². The number of Topliss-reactive ketones (excluding diaryl/α,β-unsaturated/α-hetero) is 1. The summed E-state index contributed by atoms with van der Waals surface area (Å²) < 4.78 is 0. The normalized spacial score (nSPS) is 12.1. The summed E-state index contributed by atoms with van der Waals surface area (Å²) in [5.74, 6) is -0.310. The van der Waals surface area contributed by atoms with Gasteiger partial charge in [0, 0.05) is 22.7 Å². The Balaban J connectivity index is 2.03. The second kappa shape index (κ2) is 7.34. The molecule has 1 atom stereocenters. The molecule has 0 bridgehead atoms. The van der Waals surface area contributed by atoms with Crippen LogP contribution in [0.1, 0.15) is 36.4 Å². The summed E-state index contributed by atoms with van der Waals surface area (Å²) >= 11 is 2.80. The van der Waals surface area contributed by atoms with E-state index in [4.69, 9.17) is 0 Å². The Bertz CT molecular complexity index is 646. The second-order valence-corrected chi connectivity index (χ2v) is 6.70. The zero-order chi connectivity index (χ0) is 15.2. The summed E-state index contributed by atoms with van der Waals surface area (Å²) in [5.41, 5.74) is 0.935. The number of nitriles is 1. The Kier molecular flexibility index (Phi) is 5.48. The number of thiazole rings is 1. The van der Waals surface area contributed by atoms with Crippen molar-refractivity contribution in [2.45, 2.75) is 30.6 Å². The topological polar surface area (TPSA) is 66.6 Å². The number of pyridine rings is 1. The van der Waals surface area contributed by atoms with E-state index in [0.29, 0.717) is 10.9 Å². The van der Waals surface area contributed by atoms with Crippen molar-refractivity contribution >= 4 is 28.9 Å². The monoisotopic (exact) mass is 317 g/mol. The van der Waals surface area contributed by atoms with E-state index in [-0.39, 0.29) is 11.5 Å². The molecule has 0 saturated carbocycles. The van der Waals surface area contributed by atoms with Gasteiger partial charge < -0.3 is 0 Å². The predicted octanol–water partition coefficient (Wildman–Crippen LogP) is 3.63. The molecule has 0 aliphatic heterocycles. The summed E-state index contributed by atoms with van der Waals surface area (Å²) in [6.45, 7) is 4.09. The number of thioether (sulfide) groups is 1. The average molecular weight is 317 g/mol. The van der Waals surface area contributed by atoms with Gasteiger partial charge in [0.25, 0.3) is 0 Å². The van der Waals surface area contributed by atoms with Gasteiger partial charge in [0.2, 0.25) is 0 Å². The molecule has 0 N–H and O–H groups in total. The van der Waals surface area contributed by atoms with E-state index in [1.165, 1.54) is 23.1 Å². The fraction of sp³-hybridized carbons (Fsp3) is 0.333. The Labute approximate surface area is 132 Å². The predicted molar refractivity (Wildman–Crippen MR) is 84.5 cm³/mol. The first-order valence-electron chi connectivity index (χ1n) is 6.52. The first-order chi connectivity index (χ1) is 10.1. The van der Waals surface area contributed by atoms with Crippen molar-refractivity contribution in [3.05, 3.63) is 40.6 Å². The highest BCUT2D eigenvalue weighted by Gasteiger charge is 2.24. The largest absolute Gasteiger partial charge is 0.297 e. The lowest BCUT2D eigenvalue weighted by atomic mass is 10.1. The molecule has 2 rings (SSSR count). The molecule has 0 aliphatic rings. The molecule has 4 nitrogen and oxygen atoms in total. The number of carbonyl (C=O) groups is 1. The quantitative estimate of drug-likeness (QED) is 0.761. The maximum Gasteiger partial charge on any atom is 0.167 e. The third-order valence-corrected chi connectivity index (χ3v) is 4.82.